The minimum atomic E-state index is 0.0944. The van der Waals surface area contributed by atoms with Crippen LogP contribution < -0.4 is 11.1 Å². The van der Waals surface area contributed by atoms with Crippen molar-refractivity contribution < 1.29 is 5.11 Å². The summed E-state index contributed by atoms with van der Waals surface area (Å²) in [7, 11) is 0. The van der Waals surface area contributed by atoms with Crippen LogP contribution in [0, 0.1) is 0 Å². The summed E-state index contributed by atoms with van der Waals surface area (Å²) in [4.78, 5) is 0. The fourth-order valence-electron chi connectivity index (χ4n) is 2.11. The Morgan fingerprint density at radius 3 is 2.16 bits per heavy atom. The minimum Gasteiger partial charge on any atom is -0.395 e. The second kappa shape index (κ2) is 7.04. The second-order valence-corrected chi connectivity index (χ2v) is 4.45. The van der Waals surface area contributed by atoms with Gasteiger partial charge >= 0.3 is 0 Å². The Balaban J connectivity index is 2.13. The molecule has 0 heterocycles. The molecule has 1 atom stereocenters. The first kappa shape index (κ1) is 13.7. The highest BCUT2D eigenvalue weighted by Gasteiger charge is 2.08. The number of aliphatic hydroxyl groups excluding tert-OH is 1. The molecule has 0 saturated heterocycles. The van der Waals surface area contributed by atoms with Crippen molar-refractivity contribution in [3.05, 3.63) is 60.2 Å². The van der Waals surface area contributed by atoms with Gasteiger partial charge in [0.25, 0.3) is 0 Å². The van der Waals surface area contributed by atoms with E-state index in [0.717, 1.165) is 5.56 Å². The fourth-order valence-corrected chi connectivity index (χ4v) is 2.11. The topological polar surface area (TPSA) is 58.3 Å². The van der Waals surface area contributed by atoms with Crippen molar-refractivity contribution in [3.8, 4) is 11.1 Å². The van der Waals surface area contributed by atoms with Gasteiger partial charge in [-0.3, -0.25) is 0 Å². The molecule has 0 amide bonds. The third-order valence-electron chi connectivity index (χ3n) is 3.16. The number of hydrogen-bond acceptors (Lipinski definition) is 3. The predicted octanol–water partition coefficient (Wildman–Crippen LogP) is 1.94. The predicted molar refractivity (Wildman–Crippen MR) is 78.8 cm³/mol. The molecule has 3 nitrogen and oxygen atoms in total. The van der Waals surface area contributed by atoms with Gasteiger partial charge in [-0.05, 0) is 16.7 Å². The van der Waals surface area contributed by atoms with Crippen LogP contribution in [-0.2, 0) is 0 Å². The van der Waals surface area contributed by atoms with E-state index in [-0.39, 0.29) is 12.6 Å². The standard InChI is InChI=1S/C16H20N2O/c17-12-16(18-10-11-19)15-8-6-14(7-9-15)13-4-2-1-3-5-13/h1-9,16,18-19H,10-12,17H2. The molecule has 1 unspecified atom stereocenters. The number of rotatable bonds is 6. The molecule has 0 spiro atoms. The zero-order valence-electron chi connectivity index (χ0n) is 10.9. The summed E-state index contributed by atoms with van der Waals surface area (Å²) in [5, 5.41) is 12.1. The summed E-state index contributed by atoms with van der Waals surface area (Å²) >= 11 is 0. The fraction of sp³-hybridized carbons (Fsp3) is 0.250. The van der Waals surface area contributed by atoms with Crippen molar-refractivity contribution in [1.29, 1.82) is 0 Å². The van der Waals surface area contributed by atoms with Crippen LogP contribution in [0.3, 0.4) is 0 Å². The first-order chi connectivity index (χ1) is 9.35. The van der Waals surface area contributed by atoms with Crippen molar-refractivity contribution >= 4 is 0 Å². The Hall–Kier alpha value is -1.68. The van der Waals surface area contributed by atoms with Crippen molar-refractivity contribution in [2.24, 2.45) is 5.73 Å². The molecule has 3 heteroatoms. The van der Waals surface area contributed by atoms with Gasteiger partial charge in [-0.25, -0.2) is 0 Å². The number of hydrogen-bond donors (Lipinski definition) is 3. The Morgan fingerprint density at radius 1 is 0.947 bits per heavy atom. The molecule has 0 aromatic heterocycles. The van der Waals surface area contributed by atoms with Gasteiger partial charge in [0.2, 0.25) is 0 Å². The van der Waals surface area contributed by atoms with Crippen LogP contribution in [0.2, 0.25) is 0 Å². The van der Waals surface area contributed by atoms with Gasteiger partial charge in [0, 0.05) is 19.1 Å². The van der Waals surface area contributed by atoms with Crippen LogP contribution in [0.15, 0.2) is 54.6 Å². The molecule has 19 heavy (non-hydrogen) atoms. The van der Waals surface area contributed by atoms with Gasteiger partial charge in [-0.2, -0.15) is 0 Å². The number of aliphatic hydroxyl groups is 1. The van der Waals surface area contributed by atoms with Gasteiger partial charge in [-0.1, -0.05) is 54.6 Å². The quantitative estimate of drug-likeness (QED) is 0.740. The third-order valence-corrected chi connectivity index (χ3v) is 3.16. The smallest absolute Gasteiger partial charge is 0.0556 e. The Kier molecular flexibility index (Phi) is 5.10. The summed E-state index contributed by atoms with van der Waals surface area (Å²) in [5.74, 6) is 0. The molecule has 0 aliphatic carbocycles. The lowest BCUT2D eigenvalue weighted by molar-refractivity contribution is 0.285. The Labute approximate surface area is 114 Å². The highest BCUT2D eigenvalue weighted by Crippen LogP contribution is 2.21. The van der Waals surface area contributed by atoms with E-state index < -0.39 is 0 Å². The SMILES string of the molecule is NCC(NCCO)c1ccc(-c2ccccc2)cc1. The van der Waals surface area contributed by atoms with Crippen molar-refractivity contribution in [3.63, 3.8) is 0 Å². The maximum atomic E-state index is 8.85. The summed E-state index contributed by atoms with van der Waals surface area (Å²) in [6, 6.07) is 18.8. The summed E-state index contributed by atoms with van der Waals surface area (Å²) in [5.41, 5.74) is 9.31. The monoisotopic (exact) mass is 256 g/mol. The lowest BCUT2D eigenvalue weighted by Gasteiger charge is -2.17. The van der Waals surface area contributed by atoms with E-state index in [1.165, 1.54) is 11.1 Å². The molecule has 100 valence electrons. The summed E-state index contributed by atoms with van der Waals surface area (Å²) < 4.78 is 0. The van der Waals surface area contributed by atoms with Gasteiger partial charge in [0.15, 0.2) is 0 Å². The highest BCUT2D eigenvalue weighted by molar-refractivity contribution is 5.63. The van der Waals surface area contributed by atoms with Crippen LogP contribution in [-0.4, -0.2) is 24.8 Å². The van der Waals surface area contributed by atoms with E-state index in [4.69, 9.17) is 10.8 Å². The molecule has 0 saturated carbocycles. The minimum absolute atomic E-state index is 0.0944. The molecule has 0 bridgehead atoms. The van der Waals surface area contributed by atoms with Gasteiger partial charge in [0.1, 0.15) is 0 Å². The van der Waals surface area contributed by atoms with Crippen LogP contribution in [0.1, 0.15) is 11.6 Å². The first-order valence-electron chi connectivity index (χ1n) is 6.55. The molecule has 2 aromatic carbocycles. The Morgan fingerprint density at radius 2 is 1.58 bits per heavy atom. The largest absolute Gasteiger partial charge is 0.395 e. The zero-order valence-corrected chi connectivity index (χ0v) is 10.9. The van der Waals surface area contributed by atoms with Gasteiger partial charge in [0.05, 0.1) is 6.61 Å². The molecule has 0 aliphatic heterocycles. The van der Waals surface area contributed by atoms with E-state index in [1.807, 2.05) is 18.2 Å². The van der Waals surface area contributed by atoms with E-state index in [2.05, 4.69) is 41.7 Å². The van der Waals surface area contributed by atoms with E-state index in [0.29, 0.717) is 13.1 Å². The lowest BCUT2D eigenvalue weighted by atomic mass is 10.0. The summed E-state index contributed by atoms with van der Waals surface area (Å²) in [6.07, 6.45) is 0. The van der Waals surface area contributed by atoms with Crippen molar-refractivity contribution in [2.75, 3.05) is 19.7 Å². The molecular weight excluding hydrogens is 236 g/mol. The highest BCUT2D eigenvalue weighted by atomic mass is 16.3. The van der Waals surface area contributed by atoms with Crippen LogP contribution in [0.5, 0.6) is 0 Å². The maximum Gasteiger partial charge on any atom is 0.0556 e. The van der Waals surface area contributed by atoms with Crippen LogP contribution in [0.25, 0.3) is 11.1 Å². The number of nitrogens with one attached hydrogen (secondary N) is 1. The third kappa shape index (κ3) is 3.64. The average Bonchev–Trinajstić information content (AvgIpc) is 2.49. The van der Waals surface area contributed by atoms with Crippen molar-refractivity contribution in [1.82, 2.24) is 5.32 Å². The molecule has 0 aliphatic rings. The van der Waals surface area contributed by atoms with Crippen LogP contribution in [0.4, 0.5) is 0 Å². The molecular formula is C16H20N2O. The van der Waals surface area contributed by atoms with E-state index >= 15 is 0 Å². The normalized spacial score (nSPS) is 12.3. The van der Waals surface area contributed by atoms with E-state index in [1.54, 1.807) is 0 Å². The lowest BCUT2D eigenvalue weighted by Crippen LogP contribution is -2.30. The number of benzene rings is 2. The number of nitrogens with two attached hydrogens (primary N) is 1. The molecule has 2 rings (SSSR count). The molecule has 2 aromatic rings. The second-order valence-electron chi connectivity index (χ2n) is 4.45. The maximum absolute atomic E-state index is 8.85. The zero-order chi connectivity index (χ0) is 13.5. The van der Waals surface area contributed by atoms with Gasteiger partial charge in [-0.15, -0.1) is 0 Å². The van der Waals surface area contributed by atoms with E-state index in [9.17, 15) is 0 Å². The van der Waals surface area contributed by atoms with Crippen molar-refractivity contribution in [2.45, 2.75) is 6.04 Å². The molecule has 4 N–H and O–H groups in total. The Bertz CT molecular complexity index is 482. The van der Waals surface area contributed by atoms with Crippen LogP contribution >= 0.6 is 0 Å². The van der Waals surface area contributed by atoms with Gasteiger partial charge < -0.3 is 16.2 Å². The molecule has 0 fully saturated rings. The first-order valence-corrected chi connectivity index (χ1v) is 6.55. The molecule has 0 radical (unpaired) electrons. The average molecular weight is 256 g/mol. The summed E-state index contributed by atoms with van der Waals surface area (Å²) in [6.45, 7) is 1.20.